The third-order valence-electron chi connectivity index (χ3n) is 1.78. The van der Waals surface area contributed by atoms with E-state index in [9.17, 15) is 4.79 Å². The number of nitrogens with zero attached hydrogens (tertiary/aromatic N) is 3. The molecule has 1 aromatic rings. The lowest BCUT2D eigenvalue weighted by Gasteiger charge is -2.09. The Bertz CT molecular complexity index is 341. The fourth-order valence-corrected chi connectivity index (χ4v) is 2.07. The third kappa shape index (κ3) is 1.65. The number of amides is 1. The van der Waals surface area contributed by atoms with E-state index in [-0.39, 0.29) is 11.9 Å². The van der Waals surface area contributed by atoms with Crippen molar-refractivity contribution in [1.29, 1.82) is 0 Å². The molecule has 1 unspecified atom stereocenters. The van der Waals surface area contributed by atoms with E-state index in [1.807, 2.05) is 0 Å². The van der Waals surface area contributed by atoms with Crippen LogP contribution in [0.5, 0.6) is 0 Å². The second kappa shape index (κ2) is 3.21. The summed E-state index contributed by atoms with van der Waals surface area (Å²) in [5.41, 5.74) is 5.62. The minimum absolute atomic E-state index is 0.0136. The summed E-state index contributed by atoms with van der Waals surface area (Å²) in [7, 11) is 0. The summed E-state index contributed by atoms with van der Waals surface area (Å²) in [5, 5.41) is 7.92. The molecule has 0 saturated carbocycles. The highest BCUT2D eigenvalue weighted by molar-refractivity contribution is 7.19. The van der Waals surface area contributed by atoms with Gasteiger partial charge < -0.3 is 5.73 Å². The molecule has 7 heteroatoms. The minimum atomic E-state index is -0.102. The Balaban J connectivity index is 2.22. The molecule has 1 aliphatic rings. The van der Waals surface area contributed by atoms with Gasteiger partial charge in [0.25, 0.3) is 0 Å². The van der Waals surface area contributed by atoms with Crippen molar-refractivity contribution in [2.75, 3.05) is 11.4 Å². The molecule has 0 bridgehead atoms. The maximum atomic E-state index is 11.3. The molecule has 70 valence electrons. The first-order chi connectivity index (χ1) is 6.16. The largest absolute Gasteiger partial charge is 0.326 e. The first-order valence-corrected chi connectivity index (χ1v) is 4.91. The van der Waals surface area contributed by atoms with Gasteiger partial charge in [-0.15, -0.1) is 10.2 Å². The first kappa shape index (κ1) is 8.86. The van der Waals surface area contributed by atoms with Crippen molar-refractivity contribution in [2.24, 2.45) is 5.73 Å². The van der Waals surface area contributed by atoms with Crippen LogP contribution in [0.15, 0.2) is 0 Å². The second-order valence-corrected chi connectivity index (χ2v) is 4.34. The number of halogens is 1. The molecule has 2 heterocycles. The van der Waals surface area contributed by atoms with Crippen LogP contribution in [-0.4, -0.2) is 28.7 Å². The van der Waals surface area contributed by atoms with Crippen LogP contribution in [0.25, 0.3) is 0 Å². The fraction of sp³-hybridized carbons (Fsp3) is 0.500. The van der Waals surface area contributed by atoms with E-state index in [0.29, 0.717) is 22.6 Å². The summed E-state index contributed by atoms with van der Waals surface area (Å²) in [6, 6.07) is -0.102. The van der Waals surface area contributed by atoms with Crippen LogP contribution in [-0.2, 0) is 4.79 Å². The van der Waals surface area contributed by atoms with E-state index in [2.05, 4.69) is 10.2 Å². The van der Waals surface area contributed by atoms with Gasteiger partial charge in [-0.05, 0) is 11.6 Å². The lowest BCUT2D eigenvalue weighted by Crippen LogP contribution is -2.27. The van der Waals surface area contributed by atoms with Crippen LogP contribution in [0.3, 0.4) is 0 Å². The van der Waals surface area contributed by atoms with Crippen molar-refractivity contribution in [3.63, 3.8) is 0 Å². The highest BCUT2D eigenvalue weighted by atomic mass is 35.5. The highest BCUT2D eigenvalue weighted by Crippen LogP contribution is 2.26. The Labute approximate surface area is 83.5 Å². The van der Waals surface area contributed by atoms with E-state index in [1.165, 1.54) is 16.2 Å². The van der Waals surface area contributed by atoms with Gasteiger partial charge in [-0.1, -0.05) is 11.3 Å². The van der Waals surface area contributed by atoms with Crippen molar-refractivity contribution in [1.82, 2.24) is 10.2 Å². The van der Waals surface area contributed by atoms with Crippen LogP contribution < -0.4 is 10.6 Å². The predicted octanol–water partition coefficient (Wildman–Crippen LogP) is 0.255. The molecule has 1 amide bonds. The molecule has 0 spiro atoms. The maximum absolute atomic E-state index is 11.3. The molecule has 1 aliphatic heterocycles. The van der Waals surface area contributed by atoms with Crippen LogP contribution in [0, 0.1) is 0 Å². The zero-order chi connectivity index (χ0) is 9.42. The van der Waals surface area contributed by atoms with Gasteiger partial charge in [0, 0.05) is 19.0 Å². The summed E-state index contributed by atoms with van der Waals surface area (Å²) in [6.07, 6.45) is 0.372. The highest BCUT2D eigenvalue weighted by Gasteiger charge is 2.30. The van der Waals surface area contributed by atoms with Gasteiger partial charge in [-0.3, -0.25) is 9.69 Å². The van der Waals surface area contributed by atoms with Gasteiger partial charge in [-0.2, -0.15) is 0 Å². The summed E-state index contributed by atoms with van der Waals surface area (Å²) in [6.45, 7) is 0.504. The number of nitrogens with two attached hydrogens (primary N) is 1. The van der Waals surface area contributed by atoms with E-state index >= 15 is 0 Å². The van der Waals surface area contributed by atoms with Crippen LogP contribution in [0.4, 0.5) is 5.13 Å². The SMILES string of the molecule is NC1CC(=O)N(c2nnc(Cl)s2)C1. The number of carbonyl (C=O) groups excluding carboxylic acids is 1. The smallest absolute Gasteiger partial charge is 0.230 e. The Hall–Kier alpha value is -0.720. The molecule has 2 N–H and O–H groups in total. The number of carbonyl (C=O) groups is 1. The number of aromatic nitrogens is 2. The molecule has 0 aliphatic carbocycles. The Morgan fingerprint density at radius 3 is 2.85 bits per heavy atom. The number of rotatable bonds is 1. The van der Waals surface area contributed by atoms with Gasteiger partial charge in [0.2, 0.25) is 15.5 Å². The molecule has 13 heavy (non-hydrogen) atoms. The average Bonchev–Trinajstić information content (AvgIpc) is 2.58. The van der Waals surface area contributed by atoms with Crippen molar-refractivity contribution < 1.29 is 4.79 Å². The quantitative estimate of drug-likeness (QED) is 0.734. The monoisotopic (exact) mass is 218 g/mol. The second-order valence-electron chi connectivity index (χ2n) is 2.81. The summed E-state index contributed by atoms with van der Waals surface area (Å²) in [4.78, 5) is 12.9. The summed E-state index contributed by atoms with van der Waals surface area (Å²) < 4.78 is 0.336. The third-order valence-corrected chi connectivity index (χ3v) is 2.82. The van der Waals surface area contributed by atoms with Crippen LogP contribution in [0.1, 0.15) is 6.42 Å². The Kier molecular flexibility index (Phi) is 2.19. The molecule has 0 radical (unpaired) electrons. The van der Waals surface area contributed by atoms with Crippen molar-refractivity contribution >= 4 is 34.0 Å². The molecular formula is C6H7ClN4OS. The molecule has 1 saturated heterocycles. The van der Waals surface area contributed by atoms with Gasteiger partial charge >= 0.3 is 0 Å². The summed E-state index contributed by atoms with van der Waals surface area (Å²) in [5.74, 6) is -0.0136. The van der Waals surface area contributed by atoms with Crippen LogP contribution >= 0.6 is 22.9 Å². The average molecular weight is 219 g/mol. The zero-order valence-electron chi connectivity index (χ0n) is 6.61. The minimum Gasteiger partial charge on any atom is -0.326 e. The van der Waals surface area contributed by atoms with E-state index in [1.54, 1.807) is 0 Å². The van der Waals surface area contributed by atoms with Gasteiger partial charge in [0.05, 0.1) is 0 Å². The number of anilines is 1. The topological polar surface area (TPSA) is 72.1 Å². The molecule has 2 rings (SSSR count). The van der Waals surface area contributed by atoms with Crippen molar-refractivity contribution in [2.45, 2.75) is 12.5 Å². The number of hydrogen-bond donors (Lipinski definition) is 1. The Morgan fingerprint density at radius 2 is 2.38 bits per heavy atom. The molecule has 5 nitrogen and oxygen atoms in total. The van der Waals surface area contributed by atoms with E-state index < -0.39 is 0 Å². The lowest BCUT2D eigenvalue weighted by molar-refractivity contribution is -0.117. The first-order valence-electron chi connectivity index (χ1n) is 3.72. The van der Waals surface area contributed by atoms with E-state index in [4.69, 9.17) is 17.3 Å². The Morgan fingerprint density at radius 1 is 1.62 bits per heavy atom. The molecule has 1 aromatic heterocycles. The van der Waals surface area contributed by atoms with Gasteiger partial charge in [0.15, 0.2) is 0 Å². The molecule has 0 aromatic carbocycles. The normalized spacial score (nSPS) is 22.8. The predicted molar refractivity (Wildman–Crippen MR) is 49.9 cm³/mol. The summed E-state index contributed by atoms with van der Waals surface area (Å²) >= 11 is 6.78. The van der Waals surface area contributed by atoms with Crippen LogP contribution in [0.2, 0.25) is 4.47 Å². The number of hydrogen-bond acceptors (Lipinski definition) is 5. The zero-order valence-corrected chi connectivity index (χ0v) is 8.18. The van der Waals surface area contributed by atoms with Crippen molar-refractivity contribution in [3.05, 3.63) is 4.47 Å². The van der Waals surface area contributed by atoms with Crippen molar-refractivity contribution in [3.8, 4) is 0 Å². The van der Waals surface area contributed by atoms with E-state index in [0.717, 1.165) is 0 Å². The lowest BCUT2D eigenvalue weighted by atomic mass is 10.3. The maximum Gasteiger partial charge on any atom is 0.230 e. The molecular weight excluding hydrogens is 212 g/mol. The van der Waals surface area contributed by atoms with Gasteiger partial charge in [0.1, 0.15) is 0 Å². The molecule has 1 fully saturated rings. The fourth-order valence-electron chi connectivity index (χ4n) is 1.23. The van der Waals surface area contributed by atoms with Gasteiger partial charge in [-0.25, -0.2) is 0 Å². The molecule has 1 atom stereocenters. The standard InChI is InChI=1S/C6H7ClN4OS/c7-5-9-10-6(13-5)11-2-3(8)1-4(11)12/h3H,1-2,8H2.